The van der Waals surface area contributed by atoms with Gasteiger partial charge in [-0.3, -0.25) is 0 Å². The van der Waals surface area contributed by atoms with E-state index in [1.165, 1.54) is 15.6 Å². The van der Waals surface area contributed by atoms with Crippen molar-refractivity contribution in [1.82, 2.24) is 0 Å². The monoisotopic (exact) mass is 255 g/mol. The van der Waals surface area contributed by atoms with Crippen LogP contribution >= 0.6 is 15.9 Å². The fourth-order valence-corrected chi connectivity index (χ4v) is 1.79. The average molecular weight is 256 g/mol. The van der Waals surface area contributed by atoms with Crippen LogP contribution in [-0.4, -0.2) is 5.54 Å². The van der Waals surface area contributed by atoms with Gasteiger partial charge in [0.1, 0.15) is 0 Å². The maximum atomic E-state index is 5.96. The third-order valence-corrected chi connectivity index (χ3v) is 3.28. The van der Waals surface area contributed by atoms with Crippen LogP contribution in [-0.2, 0) is 6.42 Å². The van der Waals surface area contributed by atoms with Crippen molar-refractivity contribution >= 4 is 15.9 Å². The summed E-state index contributed by atoms with van der Waals surface area (Å²) in [5, 5.41) is 0. The molecule has 2 heteroatoms. The minimum Gasteiger partial charge on any atom is -0.326 e. The maximum Gasteiger partial charge on any atom is 0.0207 e. The highest BCUT2D eigenvalue weighted by molar-refractivity contribution is 9.10. The molecular formula is C12H18BrN. The largest absolute Gasteiger partial charge is 0.326 e. The van der Waals surface area contributed by atoms with Gasteiger partial charge in [-0.1, -0.05) is 28.1 Å². The molecule has 1 nitrogen and oxygen atoms in total. The SMILES string of the molecule is Cc1c(Br)cccc1CCC(C)(C)N. The van der Waals surface area contributed by atoms with Crippen molar-refractivity contribution in [1.29, 1.82) is 0 Å². The summed E-state index contributed by atoms with van der Waals surface area (Å²) < 4.78 is 1.19. The molecule has 78 valence electrons. The zero-order valence-electron chi connectivity index (χ0n) is 9.10. The lowest BCUT2D eigenvalue weighted by atomic mass is 9.95. The second-order valence-corrected chi connectivity index (χ2v) is 5.37. The summed E-state index contributed by atoms with van der Waals surface area (Å²) in [6.07, 6.45) is 2.07. The molecule has 0 fully saturated rings. The van der Waals surface area contributed by atoms with Gasteiger partial charge < -0.3 is 5.73 Å². The van der Waals surface area contributed by atoms with Gasteiger partial charge >= 0.3 is 0 Å². The summed E-state index contributed by atoms with van der Waals surface area (Å²) in [5.74, 6) is 0. The molecule has 0 bridgehead atoms. The summed E-state index contributed by atoms with van der Waals surface area (Å²) in [7, 11) is 0. The van der Waals surface area contributed by atoms with E-state index < -0.39 is 0 Å². The molecule has 0 saturated heterocycles. The molecule has 0 unspecified atom stereocenters. The fourth-order valence-electron chi connectivity index (χ4n) is 1.38. The number of halogens is 1. The Kier molecular flexibility index (Phi) is 3.73. The van der Waals surface area contributed by atoms with Crippen LogP contribution < -0.4 is 5.73 Å². The third kappa shape index (κ3) is 3.43. The molecule has 0 aliphatic carbocycles. The van der Waals surface area contributed by atoms with Crippen molar-refractivity contribution in [2.24, 2.45) is 5.73 Å². The van der Waals surface area contributed by atoms with Crippen molar-refractivity contribution < 1.29 is 0 Å². The van der Waals surface area contributed by atoms with Crippen molar-refractivity contribution in [2.75, 3.05) is 0 Å². The Morgan fingerprint density at radius 3 is 2.57 bits per heavy atom. The zero-order valence-corrected chi connectivity index (χ0v) is 10.7. The highest BCUT2D eigenvalue weighted by atomic mass is 79.9. The van der Waals surface area contributed by atoms with E-state index in [0.717, 1.165) is 12.8 Å². The Morgan fingerprint density at radius 1 is 1.36 bits per heavy atom. The normalized spacial score (nSPS) is 11.8. The van der Waals surface area contributed by atoms with E-state index in [1.54, 1.807) is 0 Å². The highest BCUT2D eigenvalue weighted by Crippen LogP contribution is 2.21. The number of hydrogen-bond acceptors (Lipinski definition) is 1. The molecule has 0 amide bonds. The lowest BCUT2D eigenvalue weighted by Gasteiger charge is -2.19. The Labute approximate surface area is 94.8 Å². The van der Waals surface area contributed by atoms with Gasteiger partial charge in [0, 0.05) is 10.0 Å². The third-order valence-electron chi connectivity index (χ3n) is 2.42. The van der Waals surface area contributed by atoms with Gasteiger partial charge in [0.2, 0.25) is 0 Å². The first kappa shape index (κ1) is 11.7. The van der Waals surface area contributed by atoms with Crippen LogP contribution in [0.25, 0.3) is 0 Å². The minimum absolute atomic E-state index is 0.0746. The average Bonchev–Trinajstić information content (AvgIpc) is 2.06. The van der Waals surface area contributed by atoms with Gasteiger partial charge in [-0.25, -0.2) is 0 Å². The van der Waals surface area contributed by atoms with Crippen molar-refractivity contribution in [2.45, 2.75) is 39.2 Å². The summed E-state index contributed by atoms with van der Waals surface area (Å²) in [5.41, 5.74) is 8.60. The predicted molar refractivity (Wildman–Crippen MR) is 65.5 cm³/mol. The van der Waals surface area contributed by atoms with Crippen LogP contribution in [0, 0.1) is 6.92 Å². The lowest BCUT2D eigenvalue weighted by molar-refractivity contribution is 0.476. The van der Waals surface area contributed by atoms with E-state index in [1.807, 2.05) is 0 Å². The summed E-state index contributed by atoms with van der Waals surface area (Å²) in [6, 6.07) is 6.33. The van der Waals surface area contributed by atoms with Crippen LogP contribution in [0.2, 0.25) is 0 Å². The summed E-state index contributed by atoms with van der Waals surface area (Å²) >= 11 is 3.54. The number of rotatable bonds is 3. The molecule has 1 aromatic rings. The van der Waals surface area contributed by atoms with Gasteiger partial charge in [-0.2, -0.15) is 0 Å². The molecule has 0 saturated carbocycles. The highest BCUT2D eigenvalue weighted by Gasteiger charge is 2.11. The van der Waals surface area contributed by atoms with Gasteiger partial charge in [-0.05, 0) is 50.8 Å². The lowest BCUT2D eigenvalue weighted by Crippen LogP contribution is -2.32. The molecule has 0 aromatic heterocycles. The van der Waals surface area contributed by atoms with Crippen molar-refractivity contribution in [3.05, 3.63) is 33.8 Å². The van der Waals surface area contributed by atoms with Crippen LogP contribution in [0.1, 0.15) is 31.4 Å². The molecule has 0 spiro atoms. The Balaban J connectivity index is 2.73. The molecule has 1 aromatic carbocycles. The zero-order chi connectivity index (χ0) is 10.8. The molecule has 2 N–H and O–H groups in total. The number of nitrogens with two attached hydrogens (primary N) is 1. The van der Waals surface area contributed by atoms with Crippen molar-refractivity contribution in [3.8, 4) is 0 Å². The quantitative estimate of drug-likeness (QED) is 0.880. The van der Waals surface area contributed by atoms with E-state index in [-0.39, 0.29) is 5.54 Å². The smallest absolute Gasteiger partial charge is 0.0207 e. The number of benzene rings is 1. The Bertz CT molecular complexity index is 313. The van der Waals surface area contributed by atoms with Crippen LogP contribution in [0.5, 0.6) is 0 Å². The van der Waals surface area contributed by atoms with E-state index in [0.29, 0.717) is 0 Å². The second kappa shape index (κ2) is 4.45. The fraction of sp³-hybridized carbons (Fsp3) is 0.500. The van der Waals surface area contributed by atoms with Gasteiger partial charge in [0.25, 0.3) is 0 Å². The number of aryl methyl sites for hydroxylation is 1. The Hall–Kier alpha value is -0.340. The molecular weight excluding hydrogens is 238 g/mol. The number of hydrogen-bond donors (Lipinski definition) is 1. The molecule has 0 aliphatic heterocycles. The topological polar surface area (TPSA) is 26.0 Å². The second-order valence-electron chi connectivity index (χ2n) is 4.51. The van der Waals surface area contributed by atoms with Crippen molar-refractivity contribution in [3.63, 3.8) is 0 Å². The van der Waals surface area contributed by atoms with Gasteiger partial charge in [0.15, 0.2) is 0 Å². The Morgan fingerprint density at radius 2 is 2.00 bits per heavy atom. The molecule has 1 rings (SSSR count). The van der Waals surface area contributed by atoms with Crippen LogP contribution in [0.3, 0.4) is 0 Å². The molecule has 0 aliphatic rings. The summed E-state index contributed by atoms with van der Waals surface area (Å²) in [6.45, 7) is 6.28. The first-order valence-electron chi connectivity index (χ1n) is 4.93. The molecule has 0 radical (unpaired) electrons. The van der Waals surface area contributed by atoms with E-state index >= 15 is 0 Å². The minimum atomic E-state index is -0.0746. The first-order valence-corrected chi connectivity index (χ1v) is 5.72. The molecule has 14 heavy (non-hydrogen) atoms. The molecule has 0 atom stereocenters. The maximum absolute atomic E-state index is 5.96. The first-order chi connectivity index (χ1) is 6.40. The standard InChI is InChI=1S/C12H18BrN/c1-9-10(5-4-6-11(9)13)7-8-12(2,3)14/h4-6H,7-8,14H2,1-3H3. The van der Waals surface area contributed by atoms with E-state index in [9.17, 15) is 0 Å². The molecule has 0 heterocycles. The van der Waals surface area contributed by atoms with Gasteiger partial charge in [0.05, 0.1) is 0 Å². The predicted octanol–water partition coefficient (Wildman–Crippen LogP) is 3.43. The van der Waals surface area contributed by atoms with Crippen LogP contribution in [0.4, 0.5) is 0 Å². The van der Waals surface area contributed by atoms with Crippen LogP contribution in [0.15, 0.2) is 22.7 Å². The van der Waals surface area contributed by atoms with Gasteiger partial charge in [-0.15, -0.1) is 0 Å². The van der Waals surface area contributed by atoms with E-state index in [4.69, 9.17) is 5.73 Å². The summed E-state index contributed by atoms with van der Waals surface area (Å²) in [4.78, 5) is 0. The van der Waals surface area contributed by atoms with E-state index in [2.05, 4.69) is 54.9 Å².